The first kappa shape index (κ1) is 10.5. The molecule has 0 bridgehead atoms. The van der Waals surface area contributed by atoms with Crippen LogP contribution in [0.1, 0.15) is 0 Å². The molecule has 2 aromatic heterocycles. The zero-order valence-corrected chi connectivity index (χ0v) is 9.61. The lowest BCUT2D eigenvalue weighted by atomic mass is 10.2. The van der Waals surface area contributed by atoms with E-state index in [9.17, 15) is 0 Å². The van der Waals surface area contributed by atoms with Gasteiger partial charge >= 0.3 is 6.01 Å². The predicted octanol–water partition coefficient (Wildman–Crippen LogP) is 1.13. The predicted molar refractivity (Wildman–Crippen MR) is 65.0 cm³/mol. The lowest BCUT2D eigenvalue weighted by molar-refractivity contribution is 0.419. The van der Waals surface area contributed by atoms with Crippen LogP contribution in [0.15, 0.2) is 30.5 Å². The van der Waals surface area contributed by atoms with Gasteiger partial charge < -0.3 is 10.5 Å². The maximum Gasteiger partial charge on any atom is 0.340 e. The van der Waals surface area contributed by atoms with E-state index in [0.29, 0.717) is 23.0 Å². The molecule has 0 aliphatic heterocycles. The summed E-state index contributed by atoms with van der Waals surface area (Å²) in [5.74, 6) is 0.616. The largest absolute Gasteiger partial charge is 0.423 e. The number of tetrazole rings is 1. The Labute approximate surface area is 102 Å². The molecule has 7 nitrogen and oxygen atoms in total. The summed E-state index contributed by atoms with van der Waals surface area (Å²) in [7, 11) is 1.70. The highest BCUT2D eigenvalue weighted by Crippen LogP contribution is 2.30. The van der Waals surface area contributed by atoms with Gasteiger partial charge in [0.25, 0.3) is 0 Å². The summed E-state index contributed by atoms with van der Waals surface area (Å²) in [6, 6.07) is 7.54. The van der Waals surface area contributed by atoms with Gasteiger partial charge in [-0.3, -0.25) is 4.98 Å². The van der Waals surface area contributed by atoms with Crippen molar-refractivity contribution in [3.8, 4) is 11.8 Å². The second kappa shape index (κ2) is 3.95. The summed E-state index contributed by atoms with van der Waals surface area (Å²) in [6.07, 6.45) is 1.69. The average molecular weight is 242 g/mol. The van der Waals surface area contributed by atoms with Crippen LogP contribution in [0.25, 0.3) is 10.9 Å². The number of benzene rings is 1. The van der Waals surface area contributed by atoms with Crippen molar-refractivity contribution in [2.24, 2.45) is 7.05 Å². The highest BCUT2D eigenvalue weighted by atomic mass is 16.5. The zero-order chi connectivity index (χ0) is 12.5. The summed E-state index contributed by atoms with van der Waals surface area (Å²) in [5.41, 5.74) is 7.17. The monoisotopic (exact) mass is 242 g/mol. The van der Waals surface area contributed by atoms with Crippen molar-refractivity contribution in [1.82, 2.24) is 25.2 Å². The van der Waals surface area contributed by atoms with E-state index in [2.05, 4.69) is 20.5 Å². The third kappa shape index (κ3) is 1.61. The second-order valence-electron chi connectivity index (χ2n) is 3.74. The molecule has 3 rings (SSSR count). The number of aryl methyl sites for hydroxylation is 1. The van der Waals surface area contributed by atoms with Gasteiger partial charge in [0.05, 0.1) is 11.2 Å². The molecule has 0 aliphatic carbocycles. The Balaban J connectivity index is 2.13. The Hall–Kier alpha value is -2.70. The van der Waals surface area contributed by atoms with E-state index < -0.39 is 0 Å². The van der Waals surface area contributed by atoms with Gasteiger partial charge in [0, 0.05) is 18.6 Å². The fourth-order valence-corrected chi connectivity index (χ4v) is 1.66. The van der Waals surface area contributed by atoms with Gasteiger partial charge in [-0.1, -0.05) is 5.10 Å². The van der Waals surface area contributed by atoms with Crippen LogP contribution < -0.4 is 10.5 Å². The summed E-state index contributed by atoms with van der Waals surface area (Å²) in [5, 5.41) is 11.8. The summed E-state index contributed by atoms with van der Waals surface area (Å²) < 4.78 is 7.09. The smallest absolute Gasteiger partial charge is 0.340 e. The number of rotatable bonds is 2. The molecular formula is C11H10N6O. The first-order valence-electron chi connectivity index (χ1n) is 5.29. The van der Waals surface area contributed by atoms with E-state index in [1.807, 2.05) is 12.1 Å². The molecule has 0 spiro atoms. The molecule has 0 amide bonds. The number of anilines is 1. The van der Waals surface area contributed by atoms with Crippen LogP contribution in [0.5, 0.6) is 11.8 Å². The van der Waals surface area contributed by atoms with Gasteiger partial charge in [0.2, 0.25) is 0 Å². The second-order valence-corrected chi connectivity index (χ2v) is 3.74. The minimum absolute atomic E-state index is 0.310. The molecule has 0 atom stereocenters. The number of nitrogens with zero attached hydrogens (tertiary/aromatic N) is 5. The third-order valence-corrected chi connectivity index (χ3v) is 2.54. The number of pyridine rings is 1. The summed E-state index contributed by atoms with van der Waals surface area (Å²) in [4.78, 5) is 4.23. The van der Waals surface area contributed by atoms with Crippen LogP contribution in [0, 0.1) is 0 Å². The Morgan fingerprint density at radius 1 is 1.28 bits per heavy atom. The van der Waals surface area contributed by atoms with E-state index in [1.54, 1.807) is 25.4 Å². The Morgan fingerprint density at radius 2 is 2.17 bits per heavy atom. The number of ether oxygens (including phenoxy) is 1. The van der Waals surface area contributed by atoms with Crippen LogP contribution in [0.3, 0.4) is 0 Å². The van der Waals surface area contributed by atoms with Crippen molar-refractivity contribution < 1.29 is 4.74 Å². The van der Waals surface area contributed by atoms with Crippen LogP contribution in [-0.4, -0.2) is 25.2 Å². The molecule has 18 heavy (non-hydrogen) atoms. The number of aromatic nitrogens is 5. The highest BCUT2D eigenvalue weighted by Gasteiger charge is 2.10. The fourth-order valence-electron chi connectivity index (χ4n) is 1.66. The molecule has 0 aliphatic rings. The SMILES string of the molecule is Cn1nnnc1Oc1ccc(N)c2ncccc12. The number of hydrogen-bond acceptors (Lipinski definition) is 6. The van der Waals surface area contributed by atoms with Gasteiger partial charge in [-0.05, 0) is 34.7 Å². The number of hydrogen-bond donors (Lipinski definition) is 1. The van der Waals surface area contributed by atoms with Gasteiger partial charge in [-0.25, -0.2) is 0 Å². The molecule has 1 aromatic carbocycles. The minimum Gasteiger partial charge on any atom is -0.423 e. The lowest BCUT2D eigenvalue weighted by Gasteiger charge is -2.07. The molecule has 0 unspecified atom stereocenters. The standard InChI is InChI=1S/C11H10N6O/c1-17-11(14-15-16-17)18-9-5-4-8(12)10-7(9)3-2-6-13-10/h2-6H,12H2,1H3. The first-order valence-corrected chi connectivity index (χ1v) is 5.29. The maximum atomic E-state index is 5.86. The normalized spacial score (nSPS) is 10.7. The van der Waals surface area contributed by atoms with E-state index in [1.165, 1.54) is 4.68 Å². The van der Waals surface area contributed by atoms with Crippen molar-refractivity contribution in [3.05, 3.63) is 30.5 Å². The molecule has 7 heteroatoms. The molecule has 0 saturated heterocycles. The molecule has 2 N–H and O–H groups in total. The van der Waals surface area contributed by atoms with Crippen LogP contribution in [0.4, 0.5) is 5.69 Å². The highest BCUT2D eigenvalue weighted by molar-refractivity contribution is 5.93. The lowest BCUT2D eigenvalue weighted by Crippen LogP contribution is -1.97. The quantitative estimate of drug-likeness (QED) is 0.677. The van der Waals surface area contributed by atoms with Crippen molar-refractivity contribution in [3.63, 3.8) is 0 Å². The summed E-state index contributed by atoms with van der Waals surface area (Å²) >= 11 is 0. The van der Waals surface area contributed by atoms with Crippen molar-refractivity contribution in [2.45, 2.75) is 0 Å². The summed E-state index contributed by atoms with van der Waals surface area (Å²) in [6.45, 7) is 0. The van der Waals surface area contributed by atoms with Gasteiger partial charge in [0.1, 0.15) is 5.75 Å². The van der Waals surface area contributed by atoms with Crippen LogP contribution in [0.2, 0.25) is 0 Å². The van der Waals surface area contributed by atoms with Crippen LogP contribution in [-0.2, 0) is 7.05 Å². The first-order chi connectivity index (χ1) is 8.75. The molecule has 0 radical (unpaired) electrons. The van der Waals surface area contributed by atoms with E-state index in [4.69, 9.17) is 10.5 Å². The molecule has 0 saturated carbocycles. The Bertz CT molecular complexity index is 708. The number of nitrogens with two attached hydrogens (primary N) is 1. The Kier molecular flexibility index (Phi) is 2.30. The zero-order valence-electron chi connectivity index (χ0n) is 9.61. The van der Waals surface area contributed by atoms with E-state index >= 15 is 0 Å². The fraction of sp³-hybridized carbons (Fsp3) is 0.0909. The van der Waals surface area contributed by atoms with Crippen molar-refractivity contribution in [1.29, 1.82) is 0 Å². The van der Waals surface area contributed by atoms with Crippen molar-refractivity contribution >= 4 is 16.6 Å². The van der Waals surface area contributed by atoms with Gasteiger partial charge in [0.15, 0.2) is 0 Å². The molecule has 2 heterocycles. The van der Waals surface area contributed by atoms with Crippen LogP contribution >= 0.6 is 0 Å². The van der Waals surface area contributed by atoms with E-state index in [-0.39, 0.29) is 0 Å². The molecule has 0 fully saturated rings. The molecule has 90 valence electrons. The number of nitrogen functional groups attached to an aromatic ring is 1. The molecule has 3 aromatic rings. The Morgan fingerprint density at radius 3 is 2.94 bits per heavy atom. The van der Waals surface area contributed by atoms with Crippen molar-refractivity contribution in [2.75, 3.05) is 5.73 Å². The third-order valence-electron chi connectivity index (χ3n) is 2.54. The van der Waals surface area contributed by atoms with E-state index in [0.717, 1.165) is 5.39 Å². The van der Waals surface area contributed by atoms with Gasteiger partial charge in [-0.2, -0.15) is 4.68 Å². The molecular weight excluding hydrogens is 232 g/mol. The number of fused-ring (bicyclic) bond motifs is 1. The topological polar surface area (TPSA) is 91.7 Å². The van der Waals surface area contributed by atoms with Gasteiger partial charge in [-0.15, -0.1) is 0 Å². The minimum atomic E-state index is 0.310. The maximum absolute atomic E-state index is 5.86. The average Bonchev–Trinajstić information content (AvgIpc) is 2.79.